The van der Waals surface area contributed by atoms with Crippen LogP contribution in [0.4, 0.5) is 5.69 Å². The Bertz CT molecular complexity index is 446. The lowest BCUT2D eigenvalue weighted by Crippen LogP contribution is -2.22. The van der Waals surface area contributed by atoms with Crippen molar-refractivity contribution in [1.29, 1.82) is 0 Å². The Morgan fingerprint density at radius 3 is 2.84 bits per heavy atom. The van der Waals surface area contributed by atoms with Crippen LogP contribution in [0.3, 0.4) is 0 Å². The average Bonchev–Trinajstić information content (AvgIpc) is 2.81. The zero-order valence-electron chi connectivity index (χ0n) is 11.8. The van der Waals surface area contributed by atoms with Crippen LogP contribution in [0.25, 0.3) is 0 Å². The molecule has 0 aromatic heterocycles. The summed E-state index contributed by atoms with van der Waals surface area (Å²) in [5, 5.41) is 3.35. The van der Waals surface area contributed by atoms with Gasteiger partial charge in [-0.05, 0) is 38.0 Å². The third-order valence-corrected chi connectivity index (χ3v) is 3.37. The van der Waals surface area contributed by atoms with Crippen LogP contribution >= 0.6 is 0 Å². The van der Waals surface area contributed by atoms with Crippen molar-refractivity contribution in [2.45, 2.75) is 32.0 Å². The van der Waals surface area contributed by atoms with E-state index in [9.17, 15) is 4.79 Å². The van der Waals surface area contributed by atoms with Crippen LogP contribution < -0.4 is 5.32 Å². The van der Waals surface area contributed by atoms with Gasteiger partial charge in [0.25, 0.3) is 5.91 Å². The molecule has 0 saturated carbocycles. The summed E-state index contributed by atoms with van der Waals surface area (Å²) in [5.41, 5.74) is 1.67. The van der Waals surface area contributed by atoms with Gasteiger partial charge in [0.05, 0.1) is 12.2 Å². The highest BCUT2D eigenvalue weighted by molar-refractivity contribution is 5.94. The standard InChI is InChI=1S/C15H22N2O2/c1-11-7-8-14(19-11)10-16-13-6-4-5-12(9-13)15(18)17(2)3/h4-6,9,11,14,16H,7-8,10H2,1-3H3. The van der Waals surface area contributed by atoms with E-state index in [0.29, 0.717) is 11.7 Å². The number of anilines is 1. The number of nitrogens with zero attached hydrogens (tertiary/aromatic N) is 1. The van der Waals surface area contributed by atoms with E-state index in [1.54, 1.807) is 19.0 Å². The number of rotatable bonds is 4. The largest absolute Gasteiger partial charge is 0.382 e. The monoisotopic (exact) mass is 262 g/mol. The minimum atomic E-state index is 0.0226. The lowest BCUT2D eigenvalue weighted by molar-refractivity contribution is 0.0637. The van der Waals surface area contributed by atoms with Crippen molar-refractivity contribution in [3.8, 4) is 0 Å². The highest BCUT2D eigenvalue weighted by Crippen LogP contribution is 2.20. The maximum Gasteiger partial charge on any atom is 0.253 e. The number of carbonyl (C=O) groups is 1. The van der Waals surface area contributed by atoms with Gasteiger partial charge in [-0.15, -0.1) is 0 Å². The van der Waals surface area contributed by atoms with E-state index in [1.807, 2.05) is 24.3 Å². The number of benzene rings is 1. The van der Waals surface area contributed by atoms with Crippen molar-refractivity contribution < 1.29 is 9.53 Å². The van der Waals surface area contributed by atoms with Crippen molar-refractivity contribution in [1.82, 2.24) is 4.90 Å². The van der Waals surface area contributed by atoms with Gasteiger partial charge in [0.1, 0.15) is 0 Å². The molecule has 2 atom stereocenters. The van der Waals surface area contributed by atoms with E-state index in [-0.39, 0.29) is 12.0 Å². The molecule has 1 fully saturated rings. The van der Waals surface area contributed by atoms with E-state index in [4.69, 9.17) is 4.74 Å². The van der Waals surface area contributed by atoms with Crippen LogP contribution in [0, 0.1) is 0 Å². The van der Waals surface area contributed by atoms with Gasteiger partial charge in [-0.2, -0.15) is 0 Å². The quantitative estimate of drug-likeness (QED) is 0.905. The van der Waals surface area contributed by atoms with Gasteiger partial charge in [-0.1, -0.05) is 6.07 Å². The highest BCUT2D eigenvalue weighted by atomic mass is 16.5. The van der Waals surface area contributed by atoms with Gasteiger partial charge >= 0.3 is 0 Å². The first kappa shape index (κ1) is 13.9. The molecule has 1 aliphatic rings. The van der Waals surface area contributed by atoms with Crippen LogP contribution in [0.5, 0.6) is 0 Å². The molecule has 104 valence electrons. The zero-order valence-corrected chi connectivity index (χ0v) is 11.8. The summed E-state index contributed by atoms with van der Waals surface area (Å²) in [4.78, 5) is 13.5. The number of carbonyl (C=O) groups excluding carboxylic acids is 1. The van der Waals surface area contributed by atoms with Crippen LogP contribution in [-0.2, 0) is 4.74 Å². The fourth-order valence-electron chi connectivity index (χ4n) is 2.29. The van der Waals surface area contributed by atoms with E-state index >= 15 is 0 Å². The number of ether oxygens (including phenoxy) is 1. The Kier molecular flexibility index (Phi) is 4.43. The van der Waals surface area contributed by atoms with Gasteiger partial charge in [-0.3, -0.25) is 4.79 Å². The lowest BCUT2D eigenvalue weighted by Gasteiger charge is -2.15. The fraction of sp³-hybridized carbons (Fsp3) is 0.533. The van der Waals surface area contributed by atoms with Crippen molar-refractivity contribution in [2.75, 3.05) is 26.0 Å². The van der Waals surface area contributed by atoms with Gasteiger partial charge in [0.2, 0.25) is 0 Å². The molecular weight excluding hydrogens is 240 g/mol. The zero-order chi connectivity index (χ0) is 13.8. The molecule has 0 aliphatic carbocycles. The first-order valence-corrected chi connectivity index (χ1v) is 6.77. The Hall–Kier alpha value is -1.55. The van der Waals surface area contributed by atoms with Crippen LogP contribution in [0.15, 0.2) is 24.3 Å². The summed E-state index contributed by atoms with van der Waals surface area (Å²) in [7, 11) is 3.52. The first-order chi connectivity index (χ1) is 9.06. The summed E-state index contributed by atoms with van der Waals surface area (Å²) < 4.78 is 5.76. The normalized spacial score (nSPS) is 22.3. The first-order valence-electron chi connectivity index (χ1n) is 6.77. The minimum Gasteiger partial charge on any atom is -0.382 e. The number of hydrogen-bond donors (Lipinski definition) is 1. The van der Waals surface area contributed by atoms with E-state index in [2.05, 4.69) is 12.2 Å². The van der Waals surface area contributed by atoms with Crippen LogP contribution in [-0.4, -0.2) is 43.7 Å². The number of nitrogens with one attached hydrogen (secondary N) is 1. The van der Waals surface area contributed by atoms with Gasteiger partial charge < -0.3 is 15.0 Å². The maximum atomic E-state index is 11.9. The molecule has 4 nitrogen and oxygen atoms in total. The Morgan fingerprint density at radius 2 is 2.21 bits per heavy atom. The number of hydrogen-bond acceptors (Lipinski definition) is 3. The summed E-state index contributed by atoms with van der Waals surface area (Å²) in [6.45, 7) is 2.90. The molecule has 4 heteroatoms. The Balaban J connectivity index is 1.94. The SMILES string of the molecule is CC1CCC(CNc2cccc(C(=O)N(C)C)c2)O1. The molecule has 1 N–H and O–H groups in total. The Morgan fingerprint density at radius 1 is 1.42 bits per heavy atom. The van der Waals surface area contributed by atoms with Crippen LogP contribution in [0.1, 0.15) is 30.1 Å². The topological polar surface area (TPSA) is 41.6 Å². The average molecular weight is 262 g/mol. The summed E-state index contributed by atoms with van der Waals surface area (Å²) in [6.07, 6.45) is 2.88. The Labute approximate surface area is 114 Å². The third-order valence-electron chi connectivity index (χ3n) is 3.37. The molecule has 1 saturated heterocycles. The molecule has 2 unspecified atom stereocenters. The molecule has 1 heterocycles. The molecule has 0 bridgehead atoms. The van der Waals surface area contributed by atoms with Crippen molar-refractivity contribution >= 4 is 11.6 Å². The predicted octanol–water partition coefficient (Wildman–Crippen LogP) is 2.37. The molecule has 1 aromatic carbocycles. The molecule has 1 aliphatic heterocycles. The molecule has 19 heavy (non-hydrogen) atoms. The maximum absolute atomic E-state index is 11.9. The molecular formula is C15H22N2O2. The van der Waals surface area contributed by atoms with Crippen molar-refractivity contribution in [2.24, 2.45) is 0 Å². The third kappa shape index (κ3) is 3.70. The summed E-state index contributed by atoms with van der Waals surface area (Å²) in [6, 6.07) is 7.60. The van der Waals surface area contributed by atoms with E-state index in [1.165, 1.54) is 0 Å². The molecule has 0 spiro atoms. The molecule has 2 rings (SSSR count). The van der Waals surface area contributed by atoms with Gasteiger partial charge in [-0.25, -0.2) is 0 Å². The predicted molar refractivity (Wildman–Crippen MR) is 76.5 cm³/mol. The van der Waals surface area contributed by atoms with E-state index < -0.39 is 0 Å². The second-order valence-electron chi connectivity index (χ2n) is 5.31. The van der Waals surface area contributed by atoms with Gasteiger partial charge in [0.15, 0.2) is 0 Å². The summed E-state index contributed by atoms with van der Waals surface area (Å²) in [5.74, 6) is 0.0226. The fourth-order valence-corrected chi connectivity index (χ4v) is 2.29. The molecule has 1 aromatic rings. The van der Waals surface area contributed by atoms with Crippen LogP contribution in [0.2, 0.25) is 0 Å². The number of amides is 1. The second-order valence-corrected chi connectivity index (χ2v) is 5.31. The molecule has 1 amide bonds. The van der Waals surface area contributed by atoms with Gasteiger partial charge in [0, 0.05) is 31.9 Å². The lowest BCUT2D eigenvalue weighted by atomic mass is 10.1. The minimum absolute atomic E-state index is 0.0226. The molecule has 0 radical (unpaired) electrons. The van der Waals surface area contributed by atoms with Crippen molar-refractivity contribution in [3.05, 3.63) is 29.8 Å². The summed E-state index contributed by atoms with van der Waals surface area (Å²) >= 11 is 0. The van der Waals surface area contributed by atoms with E-state index in [0.717, 1.165) is 25.1 Å². The highest BCUT2D eigenvalue weighted by Gasteiger charge is 2.21. The second kappa shape index (κ2) is 6.06. The smallest absolute Gasteiger partial charge is 0.253 e. The van der Waals surface area contributed by atoms with Crippen molar-refractivity contribution in [3.63, 3.8) is 0 Å².